The van der Waals surface area contributed by atoms with Crippen molar-refractivity contribution < 1.29 is 4.21 Å². The lowest BCUT2D eigenvalue weighted by atomic mass is 10.2. The molecule has 15 heavy (non-hydrogen) atoms. The van der Waals surface area contributed by atoms with Crippen molar-refractivity contribution in [3.05, 3.63) is 29.6 Å². The molecule has 1 aromatic rings. The van der Waals surface area contributed by atoms with Crippen molar-refractivity contribution in [2.45, 2.75) is 17.9 Å². The van der Waals surface area contributed by atoms with E-state index in [1.807, 2.05) is 13.0 Å². The maximum atomic E-state index is 11.7. The van der Waals surface area contributed by atoms with E-state index >= 15 is 0 Å². The molecule has 0 spiro atoms. The van der Waals surface area contributed by atoms with Gasteiger partial charge in [-0.05, 0) is 24.6 Å². The summed E-state index contributed by atoms with van der Waals surface area (Å²) < 4.78 is 11.7. The average molecular weight is 223 g/mol. The van der Waals surface area contributed by atoms with Gasteiger partial charge in [-0.2, -0.15) is 5.26 Å². The maximum absolute atomic E-state index is 11.7. The zero-order valence-electron chi connectivity index (χ0n) is 8.51. The Bertz CT molecular complexity index is 400. The maximum Gasteiger partial charge on any atom is 0.140 e. The smallest absolute Gasteiger partial charge is 0.140 e. The number of rotatable bonds is 4. The number of nitrogens with two attached hydrogens (primary N) is 1. The lowest BCUT2D eigenvalue weighted by Crippen LogP contribution is -2.22. The van der Waals surface area contributed by atoms with Crippen LogP contribution in [0.15, 0.2) is 18.3 Å². The molecule has 0 radical (unpaired) electrons. The van der Waals surface area contributed by atoms with Crippen LogP contribution in [0.1, 0.15) is 18.2 Å². The Kier molecular flexibility index (Phi) is 4.40. The third kappa shape index (κ3) is 3.42. The van der Waals surface area contributed by atoms with Gasteiger partial charge in [0.1, 0.15) is 11.8 Å². The standard InChI is InChI=1S/C10H13N3OS/c1-8(5-11)15(14)7-9-2-3-13-10(4-9)6-12/h2-4,8H,5,7,11H2,1H3. The van der Waals surface area contributed by atoms with Crippen LogP contribution in [0, 0.1) is 11.3 Å². The summed E-state index contributed by atoms with van der Waals surface area (Å²) in [6.07, 6.45) is 1.55. The summed E-state index contributed by atoms with van der Waals surface area (Å²) in [7, 11) is -0.988. The van der Waals surface area contributed by atoms with Crippen LogP contribution in [0.2, 0.25) is 0 Å². The van der Waals surface area contributed by atoms with E-state index in [0.29, 0.717) is 18.0 Å². The lowest BCUT2D eigenvalue weighted by Gasteiger charge is -2.08. The van der Waals surface area contributed by atoms with Gasteiger partial charge in [0.2, 0.25) is 0 Å². The van der Waals surface area contributed by atoms with Crippen LogP contribution in [0.5, 0.6) is 0 Å². The molecular weight excluding hydrogens is 210 g/mol. The SMILES string of the molecule is CC(CN)S(=O)Cc1ccnc(C#N)c1. The summed E-state index contributed by atoms with van der Waals surface area (Å²) in [5.41, 5.74) is 6.64. The Balaban J connectivity index is 2.73. The van der Waals surface area contributed by atoms with Gasteiger partial charge in [-0.3, -0.25) is 4.21 Å². The van der Waals surface area contributed by atoms with Crippen molar-refractivity contribution in [2.75, 3.05) is 6.54 Å². The van der Waals surface area contributed by atoms with Crippen LogP contribution in [-0.2, 0) is 16.6 Å². The van der Waals surface area contributed by atoms with Gasteiger partial charge in [0.15, 0.2) is 0 Å². The highest BCUT2D eigenvalue weighted by atomic mass is 32.2. The van der Waals surface area contributed by atoms with E-state index in [9.17, 15) is 4.21 Å². The number of nitrogens with zero attached hydrogens (tertiary/aromatic N) is 2. The van der Waals surface area contributed by atoms with Gasteiger partial charge in [-0.15, -0.1) is 0 Å². The molecular formula is C10H13N3OS. The zero-order valence-corrected chi connectivity index (χ0v) is 9.33. The molecule has 0 fully saturated rings. The fourth-order valence-electron chi connectivity index (χ4n) is 1.04. The number of hydrogen-bond donors (Lipinski definition) is 1. The molecule has 2 N–H and O–H groups in total. The largest absolute Gasteiger partial charge is 0.329 e. The van der Waals surface area contributed by atoms with Gasteiger partial charge >= 0.3 is 0 Å². The molecule has 0 aliphatic rings. The molecule has 2 atom stereocenters. The zero-order chi connectivity index (χ0) is 11.3. The predicted molar refractivity (Wildman–Crippen MR) is 59.3 cm³/mol. The van der Waals surface area contributed by atoms with Gasteiger partial charge in [-0.1, -0.05) is 0 Å². The van der Waals surface area contributed by atoms with Crippen LogP contribution >= 0.6 is 0 Å². The molecule has 1 rings (SSSR count). The third-order valence-corrected chi connectivity index (χ3v) is 3.74. The number of hydrogen-bond acceptors (Lipinski definition) is 4. The number of aromatic nitrogens is 1. The monoisotopic (exact) mass is 223 g/mol. The summed E-state index contributed by atoms with van der Waals surface area (Å²) in [5.74, 6) is 0.426. The van der Waals surface area contributed by atoms with E-state index < -0.39 is 10.8 Å². The quantitative estimate of drug-likeness (QED) is 0.808. The summed E-state index contributed by atoms with van der Waals surface area (Å²) >= 11 is 0. The summed E-state index contributed by atoms with van der Waals surface area (Å²) in [4.78, 5) is 3.85. The Morgan fingerprint density at radius 2 is 2.47 bits per heavy atom. The molecule has 0 amide bonds. The minimum absolute atomic E-state index is 0.0244. The van der Waals surface area contributed by atoms with Crippen molar-refractivity contribution in [1.82, 2.24) is 4.98 Å². The number of nitriles is 1. The van der Waals surface area contributed by atoms with Crippen molar-refractivity contribution in [2.24, 2.45) is 5.73 Å². The first-order valence-corrected chi connectivity index (χ1v) is 5.98. The van der Waals surface area contributed by atoms with E-state index in [4.69, 9.17) is 11.0 Å². The first-order valence-electron chi connectivity index (χ1n) is 4.59. The second-order valence-electron chi connectivity index (χ2n) is 3.23. The molecule has 80 valence electrons. The second kappa shape index (κ2) is 5.59. The van der Waals surface area contributed by atoms with Crippen LogP contribution in [0.25, 0.3) is 0 Å². The van der Waals surface area contributed by atoms with E-state index in [-0.39, 0.29) is 5.25 Å². The molecule has 1 heterocycles. The van der Waals surface area contributed by atoms with Crippen molar-refractivity contribution in [1.29, 1.82) is 5.26 Å². The summed E-state index contributed by atoms with van der Waals surface area (Å²) in [6, 6.07) is 5.37. The fraction of sp³-hybridized carbons (Fsp3) is 0.400. The Morgan fingerprint density at radius 3 is 3.07 bits per heavy atom. The van der Waals surface area contributed by atoms with Crippen LogP contribution in [-0.4, -0.2) is 21.0 Å². The minimum atomic E-state index is -0.988. The van der Waals surface area contributed by atoms with Gasteiger partial charge in [0, 0.05) is 34.5 Å². The highest BCUT2D eigenvalue weighted by molar-refractivity contribution is 7.84. The molecule has 2 unspecified atom stereocenters. The second-order valence-corrected chi connectivity index (χ2v) is 5.09. The average Bonchev–Trinajstić information content (AvgIpc) is 2.28. The molecule has 0 aliphatic carbocycles. The Labute approximate surface area is 91.6 Å². The predicted octanol–water partition coefficient (Wildman–Crippen LogP) is 0.549. The summed E-state index contributed by atoms with van der Waals surface area (Å²) in [6.45, 7) is 2.26. The molecule has 0 aromatic carbocycles. The lowest BCUT2D eigenvalue weighted by molar-refractivity contribution is 0.672. The van der Waals surface area contributed by atoms with Crippen molar-refractivity contribution in [3.63, 3.8) is 0 Å². The van der Waals surface area contributed by atoms with E-state index in [2.05, 4.69) is 4.98 Å². The minimum Gasteiger partial charge on any atom is -0.329 e. The van der Waals surface area contributed by atoms with E-state index in [1.165, 1.54) is 0 Å². The molecule has 0 aliphatic heterocycles. The molecule has 5 heteroatoms. The van der Waals surface area contributed by atoms with Gasteiger partial charge < -0.3 is 5.73 Å². The van der Waals surface area contributed by atoms with Gasteiger partial charge in [0.25, 0.3) is 0 Å². The molecule has 0 saturated carbocycles. The topological polar surface area (TPSA) is 79.8 Å². The van der Waals surface area contributed by atoms with E-state index in [0.717, 1.165) is 5.56 Å². The molecule has 0 bridgehead atoms. The van der Waals surface area contributed by atoms with Gasteiger partial charge in [0.05, 0.1) is 0 Å². The molecule has 0 saturated heterocycles. The first kappa shape index (κ1) is 11.8. The Morgan fingerprint density at radius 1 is 1.73 bits per heavy atom. The molecule has 1 aromatic heterocycles. The van der Waals surface area contributed by atoms with Crippen molar-refractivity contribution >= 4 is 10.8 Å². The van der Waals surface area contributed by atoms with Crippen LogP contribution < -0.4 is 5.73 Å². The fourth-order valence-corrected chi connectivity index (χ4v) is 2.05. The van der Waals surface area contributed by atoms with E-state index in [1.54, 1.807) is 18.3 Å². The first-order chi connectivity index (χ1) is 7.17. The highest BCUT2D eigenvalue weighted by Crippen LogP contribution is 2.07. The third-order valence-electron chi connectivity index (χ3n) is 2.03. The summed E-state index contributed by atoms with van der Waals surface area (Å²) in [5, 5.41) is 8.62. The highest BCUT2D eigenvalue weighted by Gasteiger charge is 2.09. The van der Waals surface area contributed by atoms with Crippen LogP contribution in [0.4, 0.5) is 0 Å². The molecule has 4 nitrogen and oxygen atoms in total. The normalized spacial score (nSPS) is 14.2. The van der Waals surface area contributed by atoms with Crippen LogP contribution in [0.3, 0.4) is 0 Å². The number of pyridine rings is 1. The van der Waals surface area contributed by atoms with Crippen molar-refractivity contribution in [3.8, 4) is 6.07 Å². The Hall–Kier alpha value is -1.25. The van der Waals surface area contributed by atoms with Gasteiger partial charge in [-0.25, -0.2) is 4.98 Å².